The molecule has 0 radical (unpaired) electrons. The van der Waals surface area contributed by atoms with Crippen LogP contribution in [0.3, 0.4) is 0 Å². The lowest BCUT2D eigenvalue weighted by atomic mass is 9.81. The fourth-order valence-corrected chi connectivity index (χ4v) is 3.19. The summed E-state index contributed by atoms with van der Waals surface area (Å²) < 4.78 is 0. The first kappa shape index (κ1) is 15.9. The Hall–Kier alpha value is -0.120. The third-order valence-electron chi connectivity index (χ3n) is 4.20. The Balaban J connectivity index is 2.55. The second-order valence-electron chi connectivity index (χ2n) is 7.05. The number of hydrogen-bond donors (Lipinski definition) is 2. The molecular formula is C15H33N3. The summed E-state index contributed by atoms with van der Waals surface area (Å²) in [6.07, 6.45) is 8.71. The van der Waals surface area contributed by atoms with Crippen LogP contribution in [-0.4, -0.2) is 22.3 Å². The minimum Gasteiger partial charge on any atom is -0.315 e. The molecule has 108 valence electrons. The summed E-state index contributed by atoms with van der Waals surface area (Å²) in [4.78, 5) is 0. The summed E-state index contributed by atoms with van der Waals surface area (Å²) in [6, 6.07) is 0. The Labute approximate surface area is 113 Å². The van der Waals surface area contributed by atoms with Crippen LogP contribution in [0.5, 0.6) is 0 Å². The zero-order valence-electron chi connectivity index (χ0n) is 13.1. The molecule has 0 spiro atoms. The zero-order chi connectivity index (χ0) is 13.8. The highest BCUT2D eigenvalue weighted by Crippen LogP contribution is 2.36. The number of hydrogen-bond acceptors (Lipinski definition) is 3. The average Bonchev–Trinajstić information content (AvgIpc) is 2.23. The summed E-state index contributed by atoms with van der Waals surface area (Å²) in [7, 11) is 0. The van der Waals surface area contributed by atoms with Gasteiger partial charge in [0.15, 0.2) is 0 Å². The van der Waals surface area contributed by atoms with Gasteiger partial charge in [-0.2, -0.15) is 0 Å². The lowest BCUT2D eigenvalue weighted by Crippen LogP contribution is -2.67. The van der Waals surface area contributed by atoms with E-state index in [9.17, 15) is 0 Å². The molecule has 0 bridgehead atoms. The molecule has 1 heterocycles. The number of nitrogens with zero attached hydrogens (tertiary/aromatic N) is 1. The van der Waals surface area contributed by atoms with Crippen molar-refractivity contribution in [3.05, 3.63) is 0 Å². The van der Waals surface area contributed by atoms with Crippen molar-refractivity contribution in [2.24, 2.45) is 5.73 Å². The van der Waals surface area contributed by atoms with E-state index in [1.165, 1.54) is 38.5 Å². The Morgan fingerprint density at radius 3 is 2.17 bits per heavy atom. The molecule has 3 N–H and O–H groups in total. The summed E-state index contributed by atoms with van der Waals surface area (Å²) in [5, 5.41) is 2.42. The lowest BCUT2D eigenvalue weighted by Gasteiger charge is -2.53. The minimum atomic E-state index is 0.0909. The van der Waals surface area contributed by atoms with Crippen LogP contribution in [-0.2, 0) is 0 Å². The van der Waals surface area contributed by atoms with Crippen LogP contribution in [0.25, 0.3) is 0 Å². The quantitative estimate of drug-likeness (QED) is 0.564. The highest BCUT2D eigenvalue weighted by atomic mass is 15.6. The van der Waals surface area contributed by atoms with Crippen LogP contribution < -0.4 is 11.2 Å². The molecule has 0 aromatic heterocycles. The van der Waals surface area contributed by atoms with Gasteiger partial charge in [-0.1, -0.05) is 26.2 Å². The van der Waals surface area contributed by atoms with Crippen LogP contribution in [0.1, 0.15) is 79.6 Å². The maximum Gasteiger partial charge on any atom is 0.0681 e. The smallest absolute Gasteiger partial charge is 0.0681 e. The van der Waals surface area contributed by atoms with Crippen LogP contribution in [0.2, 0.25) is 0 Å². The standard InChI is InChI=1S/C15H33N3/c1-6-7-8-10-13(16)17-18-14(2,3)11-9-12-15(18,4)5/h13,17H,6-12,16H2,1-5H3. The first-order chi connectivity index (χ1) is 8.29. The maximum atomic E-state index is 6.23. The van der Waals surface area contributed by atoms with Gasteiger partial charge in [0, 0.05) is 11.1 Å². The van der Waals surface area contributed by atoms with Gasteiger partial charge >= 0.3 is 0 Å². The molecule has 1 atom stereocenters. The summed E-state index contributed by atoms with van der Waals surface area (Å²) in [5.74, 6) is 0. The number of piperidine rings is 1. The van der Waals surface area contributed by atoms with E-state index in [-0.39, 0.29) is 17.2 Å². The van der Waals surface area contributed by atoms with Crippen molar-refractivity contribution in [3.8, 4) is 0 Å². The normalized spacial score (nSPS) is 25.0. The van der Waals surface area contributed by atoms with Gasteiger partial charge in [-0.3, -0.25) is 0 Å². The predicted molar refractivity (Wildman–Crippen MR) is 79.1 cm³/mol. The topological polar surface area (TPSA) is 41.3 Å². The first-order valence-electron chi connectivity index (χ1n) is 7.62. The third-order valence-corrected chi connectivity index (χ3v) is 4.20. The van der Waals surface area contributed by atoms with Crippen LogP contribution in [0.15, 0.2) is 0 Å². The molecule has 1 saturated heterocycles. The minimum absolute atomic E-state index is 0.0909. The Bertz CT molecular complexity index is 232. The molecule has 0 aromatic rings. The van der Waals surface area contributed by atoms with Gasteiger partial charge in [-0.15, -0.1) is 0 Å². The molecule has 0 saturated carbocycles. The van der Waals surface area contributed by atoms with Crippen molar-refractivity contribution in [2.75, 3.05) is 0 Å². The Kier molecular flexibility index (Phi) is 5.63. The third kappa shape index (κ3) is 4.22. The van der Waals surface area contributed by atoms with E-state index in [0.29, 0.717) is 0 Å². The molecular weight excluding hydrogens is 222 g/mol. The Morgan fingerprint density at radius 1 is 1.11 bits per heavy atom. The monoisotopic (exact) mass is 255 g/mol. The van der Waals surface area contributed by atoms with Crippen molar-refractivity contribution >= 4 is 0 Å². The molecule has 0 aliphatic carbocycles. The molecule has 1 rings (SSSR count). The fraction of sp³-hybridized carbons (Fsp3) is 1.00. The number of nitrogens with two attached hydrogens (primary N) is 1. The Morgan fingerprint density at radius 2 is 1.67 bits per heavy atom. The van der Waals surface area contributed by atoms with Crippen LogP contribution in [0.4, 0.5) is 0 Å². The van der Waals surface area contributed by atoms with E-state index >= 15 is 0 Å². The van der Waals surface area contributed by atoms with E-state index in [1.807, 2.05) is 0 Å². The predicted octanol–water partition coefficient (Wildman–Crippen LogP) is 3.40. The fourth-order valence-electron chi connectivity index (χ4n) is 3.19. The highest BCUT2D eigenvalue weighted by Gasteiger charge is 2.41. The largest absolute Gasteiger partial charge is 0.315 e. The molecule has 0 amide bonds. The first-order valence-corrected chi connectivity index (χ1v) is 7.62. The molecule has 1 aliphatic heterocycles. The number of rotatable bonds is 6. The van der Waals surface area contributed by atoms with Crippen molar-refractivity contribution < 1.29 is 0 Å². The van der Waals surface area contributed by atoms with Gasteiger partial charge in [0.25, 0.3) is 0 Å². The molecule has 0 aromatic carbocycles. The second-order valence-corrected chi connectivity index (χ2v) is 7.05. The number of unbranched alkanes of at least 4 members (excludes halogenated alkanes) is 2. The SMILES string of the molecule is CCCCCC(N)NN1C(C)(C)CCCC1(C)C. The van der Waals surface area contributed by atoms with Gasteiger partial charge in [0.2, 0.25) is 0 Å². The lowest BCUT2D eigenvalue weighted by molar-refractivity contribution is -0.0808. The van der Waals surface area contributed by atoms with Crippen molar-refractivity contribution in [1.29, 1.82) is 0 Å². The van der Waals surface area contributed by atoms with E-state index in [4.69, 9.17) is 5.73 Å². The van der Waals surface area contributed by atoms with Crippen molar-refractivity contribution in [2.45, 2.75) is 96.8 Å². The molecule has 3 nitrogen and oxygen atoms in total. The second kappa shape index (κ2) is 6.36. The maximum absolute atomic E-state index is 6.23. The highest BCUT2D eigenvalue weighted by molar-refractivity contribution is 4.95. The van der Waals surface area contributed by atoms with E-state index in [0.717, 1.165) is 6.42 Å². The van der Waals surface area contributed by atoms with E-state index in [2.05, 4.69) is 45.1 Å². The van der Waals surface area contributed by atoms with Gasteiger partial charge in [0.05, 0.1) is 6.17 Å². The van der Waals surface area contributed by atoms with Crippen molar-refractivity contribution in [1.82, 2.24) is 10.4 Å². The molecule has 3 heteroatoms. The van der Waals surface area contributed by atoms with Crippen LogP contribution in [0, 0.1) is 0 Å². The summed E-state index contributed by atoms with van der Waals surface area (Å²) in [5.41, 5.74) is 10.2. The number of hydrazine groups is 1. The van der Waals surface area contributed by atoms with E-state index in [1.54, 1.807) is 0 Å². The molecule has 1 aliphatic rings. The molecule has 18 heavy (non-hydrogen) atoms. The van der Waals surface area contributed by atoms with Crippen molar-refractivity contribution in [3.63, 3.8) is 0 Å². The summed E-state index contributed by atoms with van der Waals surface area (Å²) >= 11 is 0. The van der Waals surface area contributed by atoms with E-state index < -0.39 is 0 Å². The summed E-state index contributed by atoms with van der Waals surface area (Å²) in [6.45, 7) is 11.5. The average molecular weight is 255 g/mol. The van der Waals surface area contributed by atoms with Gasteiger partial charge in [0.1, 0.15) is 0 Å². The molecule has 1 fully saturated rings. The number of nitrogens with one attached hydrogen (secondary N) is 1. The zero-order valence-corrected chi connectivity index (χ0v) is 13.1. The van der Waals surface area contributed by atoms with Gasteiger partial charge < -0.3 is 5.73 Å². The van der Waals surface area contributed by atoms with Gasteiger partial charge in [-0.05, 0) is 53.4 Å². The van der Waals surface area contributed by atoms with Crippen LogP contribution >= 0.6 is 0 Å². The molecule has 1 unspecified atom stereocenters. The van der Waals surface area contributed by atoms with Gasteiger partial charge in [-0.25, -0.2) is 10.4 Å².